The van der Waals surface area contributed by atoms with Gasteiger partial charge in [0.2, 0.25) is 0 Å². The van der Waals surface area contributed by atoms with Crippen LogP contribution in [0.2, 0.25) is 0 Å². The molecule has 0 amide bonds. The normalized spacial score (nSPS) is 22.5. The topological polar surface area (TPSA) is 53.7 Å². The SMILES string of the molecule is COc1cc(CCN)ccc1OCC1CCC(C)O1. The Morgan fingerprint density at radius 2 is 2.16 bits per heavy atom. The average molecular weight is 265 g/mol. The summed E-state index contributed by atoms with van der Waals surface area (Å²) < 4.78 is 16.9. The van der Waals surface area contributed by atoms with Gasteiger partial charge in [-0.05, 0) is 50.4 Å². The van der Waals surface area contributed by atoms with E-state index in [9.17, 15) is 0 Å². The molecule has 1 aromatic rings. The molecule has 0 spiro atoms. The van der Waals surface area contributed by atoms with E-state index in [1.165, 1.54) is 0 Å². The molecular weight excluding hydrogens is 242 g/mol. The Morgan fingerprint density at radius 1 is 1.32 bits per heavy atom. The summed E-state index contributed by atoms with van der Waals surface area (Å²) >= 11 is 0. The summed E-state index contributed by atoms with van der Waals surface area (Å²) in [5, 5.41) is 0. The lowest BCUT2D eigenvalue weighted by Gasteiger charge is -2.15. The predicted octanol–water partition coefficient (Wildman–Crippen LogP) is 2.14. The van der Waals surface area contributed by atoms with Crippen LogP contribution in [0.5, 0.6) is 11.5 Å². The van der Waals surface area contributed by atoms with Gasteiger partial charge >= 0.3 is 0 Å². The molecule has 0 radical (unpaired) electrons. The van der Waals surface area contributed by atoms with Gasteiger partial charge in [-0.1, -0.05) is 6.07 Å². The zero-order valence-electron chi connectivity index (χ0n) is 11.7. The van der Waals surface area contributed by atoms with Gasteiger partial charge in [-0.2, -0.15) is 0 Å². The fourth-order valence-corrected chi connectivity index (χ4v) is 2.34. The summed E-state index contributed by atoms with van der Waals surface area (Å²) in [7, 11) is 1.66. The van der Waals surface area contributed by atoms with Gasteiger partial charge in [0.1, 0.15) is 6.61 Å². The number of nitrogens with two attached hydrogens (primary N) is 1. The first-order valence-electron chi connectivity index (χ1n) is 6.88. The van der Waals surface area contributed by atoms with Crippen molar-refractivity contribution in [2.45, 2.75) is 38.4 Å². The molecule has 0 bridgehead atoms. The van der Waals surface area contributed by atoms with Crippen LogP contribution >= 0.6 is 0 Å². The van der Waals surface area contributed by atoms with Gasteiger partial charge in [0, 0.05) is 0 Å². The molecular formula is C15H23NO3. The van der Waals surface area contributed by atoms with Crippen molar-refractivity contribution in [1.82, 2.24) is 0 Å². The van der Waals surface area contributed by atoms with Gasteiger partial charge in [-0.15, -0.1) is 0 Å². The monoisotopic (exact) mass is 265 g/mol. The van der Waals surface area contributed by atoms with Crippen LogP contribution in [0, 0.1) is 0 Å². The lowest BCUT2D eigenvalue weighted by atomic mass is 10.1. The van der Waals surface area contributed by atoms with Crippen LogP contribution in [0.25, 0.3) is 0 Å². The Bertz CT molecular complexity index is 408. The minimum absolute atomic E-state index is 0.198. The largest absolute Gasteiger partial charge is 0.493 e. The van der Waals surface area contributed by atoms with E-state index >= 15 is 0 Å². The number of benzene rings is 1. The van der Waals surface area contributed by atoms with E-state index in [-0.39, 0.29) is 6.10 Å². The molecule has 19 heavy (non-hydrogen) atoms. The van der Waals surface area contributed by atoms with Gasteiger partial charge in [-0.25, -0.2) is 0 Å². The smallest absolute Gasteiger partial charge is 0.161 e. The number of methoxy groups -OCH3 is 1. The fraction of sp³-hybridized carbons (Fsp3) is 0.600. The maximum absolute atomic E-state index is 5.81. The summed E-state index contributed by atoms with van der Waals surface area (Å²) in [5.74, 6) is 1.53. The molecule has 1 saturated heterocycles. The maximum Gasteiger partial charge on any atom is 0.161 e. The van der Waals surface area contributed by atoms with Crippen molar-refractivity contribution < 1.29 is 14.2 Å². The molecule has 0 aliphatic carbocycles. The molecule has 1 aliphatic heterocycles. The minimum Gasteiger partial charge on any atom is -0.493 e. The number of ether oxygens (including phenoxy) is 3. The quantitative estimate of drug-likeness (QED) is 0.856. The van der Waals surface area contributed by atoms with Crippen molar-refractivity contribution in [3.63, 3.8) is 0 Å². The molecule has 2 atom stereocenters. The van der Waals surface area contributed by atoms with Crippen molar-refractivity contribution in [3.8, 4) is 11.5 Å². The van der Waals surface area contributed by atoms with Gasteiger partial charge in [0.05, 0.1) is 19.3 Å². The Hall–Kier alpha value is -1.26. The van der Waals surface area contributed by atoms with Gasteiger partial charge in [-0.3, -0.25) is 0 Å². The molecule has 2 unspecified atom stereocenters. The molecule has 0 saturated carbocycles. The van der Waals surface area contributed by atoms with Crippen LogP contribution in [0.1, 0.15) is 25.3 Å². The van der Waals surface area contributed by atoms with E-state index in [4.69, 9.17) is 19.9 Å². The lowest BCUT2D eigenvalue weighted by molar-refractivity contribution is 0.0259. The summed E-state index contributed by atoms with van der Waals surface area (Å²) in [6.45, 7) is 3.32. The number of hydrogen-bond acceptors (Lipinski definition) is 4. The summed E-state index contributed by atoms with van der Waals surface area (Å²) in [5.41, 5.74) is 6.72. The van der Waals surface area contributed by atoms with Crippen LogP contribution in [0.4, 0.5) is 0 Å². The van der Waals surface area contributed by atoms with Crippen molar-refractivity contribution in [2.24, 2.45) is 5.73 Å². The van der Waals surface area contributed by atoms with E-state index in [1.54, 1.807) is 7.11 Å². The molecule has 2 N–H and O–H groups in total. The standard InChI is InChI=1S/C15H23NO3/c1-11-3-5-13(19-11)10-18-14-6-4-12(7-8-16)9-15(14)17-2/h4,6,9,11,13H,3,5,7-8,10,16H2,1-2H3. The Morgan fingerprint density at radius 3 is 2.79 bits per heavy atom. The molecule has 1 heterocycles. The van der Waals surface area contributed by atoms with Crippen molar-refractivity contribution in [3.05, 3.63) is 23.8 Å². The first-order valence-corrected chi connectivity index (χ1v) is 6.88. The fourth-order valence-electron chi connectivity index (χ4n) is 2.34. The molecule has 4 heteroatoms. The first kappa shape index (κ1) is 14.2. The molecule has 2 rings (SSSR count). The van der Waals surface area contributed by atoms with E-state index < -0.39 is 0 Å². The number of hydrogen-bond donors (Lipinski definition) is 1. The van der Waals surface area contributed by atoms with E-state index in [0.29, 0.717) is 19.3 Å². The Kier molecular flexibility index (Phi) is 5.05. The molecule has 1 aliphatic rings. The summed E-state index contributed by atoms with van der Waals surface area (Å²) in [6.07, 6.45) is 3.57. The second-order valence-corrected chi connectivity index (χ2v) is 4.98. The zero-order valence-corrected chi connectivity index (χ0v) is 11.7. The van der Waals surface area contributed by atoms with Crippen LogP contribution in [-0.4, -0.2) is 32.5 Å². The van der Waals surface area contributed by atoms with Crippen LogP contribution in [-0.2, 0) is 11.2 Å². The second kappa shape index (κ2) is 6.78. The van der Waals surface area contributed by atoms with Gasteiger partial charge in [0.25, 0.3) is 0 Å². The highest BCUT2D eigenvalue weighted by Crippen LogP contribution is 2.29. The summed E-state index contributed by atoms with van der Waals surface area (Å²) in [6, 6.07) is 5.96. The Balaban J connectivity index is 1.95. The minimum atomic E-state index is 0.198. The van der Waals surface area contributed by atoms with Gasteiger partial charge < -0.3 is 19.9 Å². The molecule has 4 nitrogen and oxygen atoms in total. The average Bonchev–Trinajstić information content (AvgIpc) is 2.83. The molecule has 0 aromatic heterocycles. The zero-order chi connectivity index (χ0) is 13.7. The lowest BCUT2D eigenvalue weighted by Crippen LogP contribution is -2.18. The van der Waals surface area contributed by atoms with Crippen molar-refractivity contribution in [2.75, 3.05) is 20.3 Å². The van der Waals surface area contributed by atoms with E-state index in [2.05, 4.69) is 6.92 Å². The molecule has 1 aromatic carbocycles. The van der Waals surface area contributed by atoms with Gasteiger partial charge in [0.15, 0.2) is 11.5 Å². The van der Waals surface area contributed by atoms with Crippen molar-refractivity contribution >= 4 is 0 Å². The highest BCUT2D eigenvalue weighted by Gasteiger charge is 2.22. The predicted molar refractivity (Wildman–Crippen MR) is 74.8 cm³/mol. The van der Waals surface area contributed by atoms with Crippen LogP contribution in [0.15, 0.2) is 18.2 Å². The summed E-state index contributed by atoms with van der Waals surface area (Å²) in [4.78, 5) is 0. The Labute approximate surface area is 114 Å². The highest BCUT2D eigenvalue weighted by atomic mass is 16.6. The van der Waals surface area contributed by atoms with Crippen molar-refractivity contribution in [1.29, 1.82) is 0 Å². The number of rotatable bonds is 6. The molecule has 106 valence electrons. The maximum atomic E-state index is 5.81. The van der Waals surface area contributed by atoms with Crippen LogP contribution in [0.3, 0.4) is 0 Å². The highest BCUT2D eigenvalue weighted by molar-refractivity contribution is 5.43. The third-order valence-corrected chi connectivity index (χ3v) is 3.41. The third-order valence-electron chi connectivity index (χ3n) is 3.41. The first-order chi connectivity index (χ1) is 9.22. The third kappa shape index (κ3) is 3.85. The van der Waals surface area contributed by atoms with E-state index in [1.807, 2.05) is 18.2 Å². The van der Waals surface area contributed by atoms with Crippen LogP contribution < -0.4 is 15.2 Å². The molecule has 1 fully saturated rings. The second-order valence-electron chi connectivity index (χ2n) is 4.98. The van der Waals surface area contributed by atoms with E-state index in [0.717, 1.165) is 36.3 Å².